The Labute approximate surface area is 162 Å². The third kappa shape index (κ3) is 4.26. The molecule has 1 fully saturated rings. The first-order valence-corrected chi connectivity index (χ1v) is 10.2. The minimum absolute atomic E-state index is 0.0917. The van der Waals surface area contributed by atoms with Crippen molar-refractivity contribution in [3.05, 3.63) is 70.3 Å². The van der Waals surface area contributed by atoms with E-state index in [-0.39, 0.29) is 12.1 Å². The molecule has 2 aromatic rings. The number of aliphatic hydroxyl groups is 1. The van der Waals surface area contributed by atoms with Gasteiger partial charge in [-0.1, -0.05) is 48.0 Å². The van der Waals surface area contributed by atoms with E-state index in [1.165, 1.54) is 27.8 Å². The predicted octanol–water partition coefficient (Wildman–Crippen LogP) is 4.03. The topological polar surface area (TPSA) is 55.5 Å². The van der Waals surface area contributed by atoms with Crippen molar-refractivity contribution in [1.29, 1.82) is 0 Å². The summed E-state index contributed by atoms with van der Waals surface area (Å²) in [4.78, 5) is 0. The second kappa shape index (κ2) is 7.75. The lowest BCUT2D eigenvalue weighted by Gasteiger charge is -2.26. The summed E-state index contributed by atoms with van der Waals surface area (Å²) < 4.78 is 6.19. The van der Waals surface area contributed by atoms with Crippen LogP contribution in [0.3, 0.4) is 0 Å². The van der Waals surface area contributed by atoms with Crippen molar-refractivity contribution < 1.29 is 9.84 Å². The maximum atomic E-state index is 9.52. The molecule has 1 saturated carbocycles. The van der Waals surface area contributed by atoms with Crippen LogP contribution in [0.1, 0.15) is 59.4 Å². The molecule has 144 valence electrons. The maximum absolute atomic E-state index is 9.52. The van der Waals surface area contributed by atoms with Gasteiger partial charge in [-0.25, -0.2) is 0 Å². The second-order valence-corrected chi connectivity index (χ2v) is 8.65. The van der Waals surface area contributed by atoms with Crippen LogP contribution in [0.5, 0.6) is 0 Å². The monoisotopic (exact) mass is 365 g/mol. The molecule has 3 nitrogen and oxygen atoms in total. The minimum atomic E-state index is -0.379. The molecule has 3 atom stereocenters. The molecule has 27 heavy (non-hydrogen) atoms. The van der Waals surface area contributed by atoms with Gasteiger partial charge in [0.05, 0.1) is 19.3 Å². The van der Waals surface area contributed by atoms with Gasteiger partial charge < -0.3 is 15.6 Å². The van der Waals surface area contributed by atoms with E-state index in [0.29, 0.717) is 18.6 Å². The fraction of sp³-hybridized carbons (Fsp3) is 0.500. The van der Waals surface area contributed by atoms with Gasteiger partial charge in [-0.2, -0.15) is 0 Å². The first kappa shape index (κ1) is 18.7. The lowest BCUT2D eigenvalue weighted by molar-refractivity contribution is 0.0319. The molecule has 0 saturated heterocycles. The molecule has 0 radical (unpaired) electrons. The van der Waals surface area contributed by atoms with E-state index in [1.54, 1.807) is 0 Å². The van der Waals surface area contributed by atoms with E-state index in [2.05, 4.69) is 49.4 Å². The van der Waals surface area contributed by atoms with Crippen LogP contribution in [0.15, 0.2) is 42.5 Å². The highest BCUT2D eigenvalue weighted by Crippen LogP contribution is 2.40. The Bertz CT molecular complexity index is 785. The molecule has 2 aliphatic rings. The molecule has 2 aromatic carbocycles. The number of aryl methyl sites for hydroxylation is 2. The summed E-state index contributed by atoms with van der Waals surface area (Å²) in [6.07, 6.45) is 6.38. The Hall–Kier alpha value is -1.68. The molecule has 2 aliphatic carbocycles. The van der Waals surface area contributed by atoms with Crippen molar-refractivity contribution in [2.24, 2.45) is 5.73 Å². The molecule has 3 N–H and O–H groups in total. The van der Waals surface area contributed by atoms with Gasteiger partial charge >= 0.3 is 0 Å². The number of benzene rings is 2. The zero-order valence-electron chi connectivity index (χ0n) is 16.3. The fourth-order valence-electron chi connectivity index (χ4n) is 4.62. The molecule has 0 aliphatic heterocycles. The van der Waals surface area contributed by atoms with Gasteiger partial charge in [0.2, 0.25) is 0 Å². The zero-order valence-corrected chi connectivity index (χ0v) is 16.3. The second-order valence-electron chi connectivity index (χ2n) is 8.65. The van der Waals surface area contributed by atoms with Crippen molar-refractivity contribution in [2.45, 2.75) is 69.6 Å². The van der Waals surface area contributed by atoms with Crippen molar-refractivity contribution >= 4 is 0 Å². The Morgan fingerprint density at radius 2 is 1.93 bits per heavy atom. The van der Waals surface area contributed by atoms with Crippen LogP contribution in [-0.2, 0) is 24.2 Å². The largest absolute Gasteiger partial charge is 0.394 e. The van der Waals surface area contributed by atoms with Crippen molar-refractivity contribution in [3.63, 3.8) is 0 Å². The molecule has 0 bridgehead atoms. The maximum Gasteiger partial charge on any atom is 0.0720 e. The lowest BCUT2D eigenvalue weighted by atomic mass is 9.85. The lowest BCUT2D eigenvalue weighted by Crippen LogP contribution is -2.40. The number of aliphatic hydroxyl groups excluding tert-OH is 1. The summed E-state index contributed by atoms with van der Waals surface area (Å²) in [7, 11) is 0. The molecule has 0 heterocycles. The summed E-state index contributed by atoms with van der Waals surface area (Å²) in [5.74, 6) is 0.489. The fourth-order valence-corrected chi connectivity index (χ4v) is 4.62. The molecule has 3 heteroatoms. The van der Waals surface area contributed by atoms with E-state index in [4.69, 9.17) is 10.5 Å². The smallest absolute Gasteiger partial charge is 0.0720 e. The van der Waals surface area contributed by atoms with E-state index in [0.717, 1.165) is 38.5 Å². The van der Waals surface area contributed by atoms with Crippen LogP contribution < -0.4 is 5.73 Å². The zero-order chi connectivity index (χ0) is 18.9. The normalized spacial score (nSPS) is 27.5. The van der Waals surface area contributed by atoms with Crippen molar-refractivity contribution in [3.8, 4) is 0 Å². The Morgan fingerprint density at radius 1 is 1.11 bits per heavy atom. The molecule has 0 aromatic heterocycles. The van der Waals surface area contributed by atoms with Gasteiger partial charge in [-0.05, 0) is 73.6 Å². The number of ether oxygens (including phenoxy) is 1. The average Bonchev–Trinajstić information content (AvgIpc) is 3.10. The van der Waals surface area contributed by atoms with Crippen LogP contribution in [-0.4, -0.2) is 23.4 Å². The van der Waals surface area contributed by atoms with Gasteiger partial charge in [-0.3, -0.25) is 0 Å². The standard InChI is InChI=1S/C24H31NO2/c1-17-2-4-18(5-3-17)15-27-23-9-8-19-12-20(6-7-21(19)13-23)22-10-11-24(25,14-22)16-26/h2-7,12,22-23,26H,8-11,13-16,25H2,1H3/t22-,23-,24+/m0/s1. The van der Waals surface area contributed by atoms with Crippen LogP contribution in [0.4, 0.5) is 0 Å². The summed E-state index contributed by atoms with van der Waals surface area (Å²) in [5.41, 5.74) is 12.7. The van der Waals surface area contributed by atoms with E-state index < -0.39 is 0 Å². The van der Waals surface area contributed by atoms with Crippen LogP contribution in [0.25, 0.3) is 0 Å². The highest BCUT2D eigenvalue weighted by Gasteiger charge is 2.36. The van der Waals surface area contributed by atoms with Gasteiger partial charge in [0.15, 0.2) is 0 Å². The molecule has 4 rings (SSSR count). The Kier molecular flexibility index (Phi) is 5.36. The number of fused-ring (bicyclic) bond motifs is 1. The van der Waals surface area contributed by atoms with E-state index in [1.807, 2.05) is 0 Å². The minimum Gasteiger partial charge on any atom is -0.394 e. The first-order valence-electron chi connectivity index (χ1n) is 10.2. The van der Waals surface area contributed by atoms with Crippen molar-refractivity contribution in [2.75, 3.05) is 6.61 Å². The molecular weight excluding hydrogens is 334 g/mol. The number of rotatable bonds is 5. The first-order chi connectivity index (χ1) is 13.0. The predicted molar refractivity (Wildman–Crippen MR) is 109 cm³/mol. The molecule has 0 unspecified atom stereocenters. The number of hydrogen-bond acceptors (Lipinski definition) is 3. The summed E-state index contributed by atoms with van der Waals surface area (Å²) in [6, 6.07) is 15.6. The number of hydrogen-bond donors (Lipinski definition) is 2. The van der Waals surface area contributed by atoms with Crippen LogP contribution in [0, 0.1) is 6.92 Å². The SMILES string of the molecule is Cc1ccc(CO[C@H]2CCc3cc([C@H]4CC[C@](N)(CO)C4)ccc3C2)cc1. The third-order valence-corrected chi connectivity index (χ3v) is 6.45. The van der Waals surface area contributed by atoms with Crippen LogP contribution in [0.2, 0.25) is 0 Å². The summed E-state index contributed by atoms with van der Waals surface area (Å²) in [5, 5.41) is 9.52. The summed E-state index contributed by atoms with van der Waals surface area (Å²) >= 11 is 0. The van der Waals surface area contributed by atoms with Crippen LogP contribution >= 0.6 is 0 Å². The Morgan fingerprint density at radius 3 is 2.67 bits per heavy atom. The number of nitrogens with two attached hydrogens (primary N) is 1. The van der Waals surface area contributed by atoms with E-state index in [9.17, 15) is 5.11 Å². The highest BCUT2D eigenvalue weighted by atomic mass is 16.5. The summed E-state index contributed by atoms with van der Waals surface area (Å²) in [6.45, 7) is 2.90. The van der Waals surface area contributed by atoms with Gasteiger partial charge in [0.25, 0.3) is 0 Å². The third-order valence-electron chi connectivity index (χ3n) is 6.45. The quantitative estimate of drug-likeness (QED) is 0.841. The average molecular weight is 366 g/mol. The van der Waals surface area contributed by atoms with Gasteiger partial charge in [0, 0.05) is 5.54 Å². The van der Waals surface area contributed by atoms with Gasteiger partial charge in [0.1, 0.15) is 0 Å². The Balaban J connectivity index is 1.37. The molecular formula is C24H31NO2. The van der Waals surface area contributed by atoms with Crippen molar-refractivity contribution in [1.82, 2.24) is 0 Å². The molecule has 0 spiro atoms. The van der Waals surface area contributed by atoms with E-state index >= 15 is 0 Å². The molecule has 0 amide bonds. The highest BCUT2D eigenvalue weighted by molar-refractivity contribution is 5.37. The van der Waals surface area contributed by atoms with Gasteiger partial charge in [-0.15, -0.1) is 0 Å².